The Morgan fingerprint density at radius 1 is 0.737 bits per heavy atom. The van der Waals surface area contributed by atoms with Gasteiger partial charge in [-0.05, 0) is 34.7 Å². The van der Waals surface area contributed by atoms with Gasteiger partial charge in [0, 0.05) is 19.2 Å². The minimum atomic E-state index is -4.73. The minimum absolute atomic E-state index is 0.0498. The van der Waals surface area contributed by atoms with Crippen LogP contribution in [0.25, 0.3) is 0 Å². The predicted octanol–water partition coefficient (Wildman–Crippen LogP) is 7.06. The van der Waals surface area contributed by atoms with Crippen molar-refractivity contribution in [2.45, 2.75) is 32.4 Å². The summed E-state index contributed by atoms with van der Waals surface area (Å²) in [6.07, 6.45) is -4.10. The molecule has 1 amide bonds. The predicted molar refractivity (Wildman–Crippen MR) is 138 cm³/mol. The molecule has 0 bridgehead atoms. The van der Waals surface area contributed by atoms with Crippen molar-refractivity contribution in [1.82, 2.24) is 4.90 Å². The third-order valence-electron chi connectivity index (χ3n) is 6.51. The van der Waals surface area contributed by atoms with Gasteiger partial charge in [0.1, 0.15) is 24.7 Å². The third-order valence-corrected chi connectivity index (χ3v) is 6.51. The molecule has 0 saturated heterocycles. The first kappa shape index (κ1) is 25.4. The van der Waals surface area contributed by atoms with Crippen molar-refractivity contribution in [3.05, 3.63) is 130 Å². The molecule has 1 aliphatic rings. The number of alkyl halides is 3. The van der Waals surface area contributed by atoms with Crippen LogP contribution in [0, 0.1) is 0 Å². The molecule has 4 aromatic rings. The van der Waals surface area contributed by atoms with Crippen LogP contribution in [0.3, 0.4) is 0 Å². The molecule has 0 aliphatic carbocycles. The van der Waals surface area contributed by atoms with E-state index in [1.54, 1.807) is 29.2 Å². The summed E-state index contributed by atoms with van der Waals surface area (Å²) in [4.78, 5) is 15.2. The quantitative estimate of drug-likeness (QED) is 0.263. The Morgan fingerprint density at radius 2 is 1.29 bits per heavy atom. The van der Waals surface area contributed by atoms with E-state index in [-0.39, 0.29) is 30.3 Å². The van der Waals surface area contributed by atoms with Crippen molar-refractivity contribution in [2.75, 3.05) is 6.54 Å². The molecule has 7 heteroatoms. The van der Waals surface area contributed by atoms with Crippen molar-refractivity contribution >= 4 is 5.91 Å². The second-order valence-corrected chi connectivity index (χ2v) is 9.14. The van der Waals surface area contributed by atoms with E-state index in [9.17, 15) is 18.0 Å². The molecule has 38 heavy (non-hydrogen) atoms. The Kier molecular flexibility index (Phi) is 7.36. The van der Waals surface area contributed by atoms with Crippen molar-refractivity contribution in [3.63, 3.8) is 0 Å². The number of amides is 1. The number of hydrogen-bond acceptors (Lipinski definition) is 3. The van der Waals surface area contributed by atoms with Crippen LogP contribution in [-0.2, 0) is 32.4 Å². The van der Waals surface area contributed by atoms with Gasteiger partial charge in [0.05, 0.1) is 11.1 Å². The Bertz CT molecular complexity index is 1410. The van der Waals surface area contributed by atoms with Crippen LogP contribution in [0.15, 0.2) is 97.1 Å². The average Bonchev–Trinajstić information content (AvgIpc) is 2.94. The van der Waals surface area contributed by atoms with Gasteiger partial charge in [-0.3, -0.25) is 4.79 Å². The summed E-state index contributed by atoms with van der Waals surface area (Å²) in [7, 11) is 0. The zero-order valence-electron chi connectivity index (χ0n) is 20.6. The molecular formula is C31H26F3NO3. The highest BCUT2D eigenvalue weighted by Crippen LogP contribution is 2.41. The monoisotopic (exact) mass is 517 g/mol. The first-order valence-corrected chi connectivity index (χ1v) is 12.3. The molecule has 0 aromatic heterocycles. The number of fused-ring (bicyclic) bond motifs is 1. The number of rotatable bonds is 7. The van der Waals surface area contributed by atoms with E-state index in [1.165, 1.54) is 6.07 Å². The maximum Gasteiger partial charge on any atom is 0.419 e. The lowest BCUT2D eigenvalue weighted by Crippen LogP contribution is -2.36. The Balaban J connectivity index is 1.50. The summed E-state index contributed by atoms with van der Waals surface area (Å²) in [5, 5.41) is 0. The highest BCUT2D eigenvalue weighted by atomic mass is 19.4. The summed E-state index contributed by atoms with van der Waals surface area (Å²) in [6, 6.07) is 28.0. The van der Waals surface area contributed by atoms with E-state index in [0.717, 1.165) is 28.3 Å². The zero-order chi connectivity index (χ0) is 26.5. The maximum absolute atomic E-state index is 14.2. The lowest BCUT2D eigenvalue weighted by atomic mass is 9.98. The minimum Gasteiger partial charge on any atom is -0.488 e. The van der Waals surface area contributed by atoms with Crippen LogP contribution < -0.4 is 9.47 Å². The molecule has 0 atom stereocenters. The molecule has 5 rings (SSSR count). The molecule has 0 N–H and O–H groups in total. The van der Waals surface area contributed by atoms with Gasteiger partial charge in [-0.15, -0.1) is 0 Å². The molecule has 1 heterocycles. The number of halogens is 3. The zero-order valence-corrected chi connectivity index (χ0v) is 20.6. The summed E-state index contributed by atoms with van der Waals surface area (Å²) in [5.41, 5.74) is 2.51. The van der Waals surface area contributed by atoms with Crippen LogP contribution in [0.2, 0.25) is 0 Å². The second-order valence-electron chi connectivity index (χ2n) is 9.14. The SMILES string of the molecule is O=C(c1cc(C(F)(F)F)c(OCc2ccccc2)cc1OCc1ccccc1)N1CCc2ccccc2C1. The molecule has 0 unspecified atom stereocenters. The molecule has 4 nitrogen and oxygen atoms in total. The maximum atomic E-state index is 14.2. The van der Waals surface area contributed by atoms with Crippen LogP contribution in [-0.4, -0.2) is 17.4 Å². The Morgan fingerprint density at radius 3 is 1.89 bits per heavy atom. The van der Waals surface area contributed by atoms with Gasteiger partial charge < -0.3 is 14.4 Å². The third kappa shape index (κ3) is 5.83. The van der Waals surface area contributed by atoms with Crippen LogP contribution in [0.5, 0.6) is 11.5 Å². The fourth-order valence-electron chi connectivity index (χ4n) is 4.50. The second kappa shape index (κ2) is 11.0. The molecule has 0 spiro atoms. The normalized spacial score (nSPS) is 13.1. The number of carbonyl (C=O) groups excluding carboxylic acids is 1. The van der Waals surface area contributed by atoms with Gasteiger partial charge in [0.2, 0.25) is 0 Å². The number of carbonyl (C=O) groups is 1. The van der Waals surface area contributed by atoms with Crippen molar-refractivity contribution in [2.24, 2.45) is 0 Å². The van der Waals surface area contributed by atoms with E-state index in [0.29, 0.717) is 19.5 Å². The van der Waals surface area contributed by atoms with Gasteiger partial charge >= 0.3 is 6.18 Å². The largest absolute Gasteiger partial charge is 0.488 e. The van der Waals surface area contributed by atoms with Crippen molar-refractivity contribution in [3.8, 4) is 11.5 Å². The van der Waals surface area contributed by atoms with Crippen LogP contribution >= 0.6 is 0 Å². The number of benzene rings is 4. The van der Waals surface area contributed by atoms with Gasteiger partial charge in [-0.1, -0.05) is 84.9 Å². The van der Waals surface area contributed by atoms with Gasteiger partial charge in [-0.2, -0.15) is 13.2 Å². The lowest BCUT2D eigenvalue weighted by Gasteiger charge is -2.30. The Labute approximate surface area is 219 Å². The lowest BCUT2D eigenvalue weighted by molar-refractivity contribution is -0.139. The van der Waals surface area contributed by atoms with E-state index in [2.05, 4.69) is 0 Å². The molecule has 0 saturated carbocycles. The summed E-state index contributed by atoms with van der Waals surface area (Å²) in [5.74, 6) is -0.846. The Hall–Kier alpha value is -4.26. The highest BCUT2D eigenvalue weighted by Gasteiger charge is 2.37. The fraction of sp³-hybridized carbons (Fsp3) is 0.194. The van der Waals surface area contributed by atoms with E-state index in [4.69, 9.17) is 9.47 Å². The molecule has 0 fully saturated rings. The average molecular weight is 518 g/mol. The molecule has 0 radical (unpaired) electrons. The number of hydrogen-bond donors (Lipinski definition) is 0. The van der Waals surface area contributed by atoms with Crippen LogP contribution in [0.4, 0.5) is 13.2 Å². The smallest absolute Gasteiger partial charge is 0.419 e. The number of nitrogens with zero attached hydrogens (tertiary/aromatic N) is 1. The molecule has 194 valence electrons. The van der Waals surface area contributed by atoms with E-state index in [1.807, 2.05) is 60.7 Å². The molecule has 1 aliphatic heterocycles. The highest BCUT2D eigenvalue weighted by molar-refractivity contribution is 5.97. The number of ether oxygens (including phenoxy) is 2. The summed E-state index contributed by atoms with van der Waals surface area (Å²) in [6.45, 7) is 0.758. The van der Waals surface area contributed by atoms with Crippen molar-refractivity contribution in [1.29, 1.82) is 0 Å². The molecular weight excluding hydrogens is 491 g/mol. The standard InChI is InChI=1S/C31H26F3NO3/c32-31(33,34)27-17-26(30(36)35-16-15-24-13-7-8-14-25(24)19-35)28(37-20-22-9-3-1-4-10-22)18-29(27)38-21-23-11-5-2-6-12-23/h1-14,17-18H,15-16,19-21H2. The van der Waals surface area contributed by atoms with E-state index < -0.39 is 17.6 Å². The topological polar surface area (TPSA) is 38.8 Å². The first-order chi connectivity index (χ1) is 18.4. The van der Waals surface area contributed by atoms with Crippen LogP contribution in [0.1, 0.15) is 38.2 Å². The van der Waals surface area contributed by atoms with Gasteiger partial charge in [0.15, 0.2) is 0 Å². The van der Waals surface area contributed by atoms with E-state index >= 15 is 0 Å². The first-order valence-electron chi connectivity index (χ1n) is 12.3. The van der Waals surface area contributed by atoms with Gasteiger partial charge in [0.25, 0.3) is 5.91 Å². The summed E-state index contributed by atoms with van der Waals surface area (Å²) < 4.78 is 54.2. The fourth-order valence-corrected chi connectivity index (χ4v) is 4.50. The molecule has 4 aromatic carbocycles. The summed E-state index contributed by atoms with van der Waals surface area (Å²) >= 11 is 0. The van der Waals surface area contributed by atoms with Gasteiger partial charge in [-0.25, -0.2) is 0 Å². The van der Waals surface area contributed by atoms with Crippen molar-refractivity contribution < 1.29 is 27.4 Å².